The SMILES string of the molecule is O=C(NCCO)[C@@H]1CCN(c2ncccn2)C1. The van der Waals surface area contributed by atoms with Crippen LogP contribution in [0.15, 0.2) is 18.5 Å². The summed E-state index contributed by atoms with van der Waals surface area (Å²) in [6.07, 6.45) is 4.19. The number of aromatic nitrogens is 2. The summed E-state index contributed by atoms with van der Waals surface area (Å²) in [5.74, 6) is 0.632. The first-order valence-electron chi connectivity index (χ1n) is 5.72. The van der Waals surface area contributed by atoms with Crippen molar-refractivity contribution < 1.29 is 9.90 Å². The standard InChI is InChI=1S/C11H16N4O2/c16-7-5-12-10(17)9-2-6-15(8-9)11-13-3-1-4-14-11/h1,3-4,9,16H,2,5-8H2,(H,12,17)/t9-/m1/s1. The Morgan fingerprint density at radius 1 is 1.53 bits per heavy atom. The number of hydrogen-bond acceptors (Lipinski definition) is 5. The molecule has 6 nitrogen and oxygen atoms in total. The summed E-state index contributed by atoms with van der Waals surface area (Å²) in [5.41, 5.74) is 0. The number of anilines is 1. The number of nitrogens with zero attached hydrogens (tertiary/aromatic N) is 3. The van der Waals surface area contributed by atoms with Crippen molar-refractivity contribution in [2.45, 2.75) is 6.42 Å². The van der Waals surface area contributed by atoms with Crippen LogP contribution in [0.25, 0.3) is 0 Å². The summed E-state index contributed by atoms with van der Waals surface area (Å²) >= 11 is 0. The van der Waals surface area contributed by atoms with Crippen LogP contribution in [0, 0.1) is 5.92 Å². The summed E-state index contributed by atoms with van der Waals surface area (Å²) < 4.78 is 0. The van der Waals surface area contributed by atoms with Gasteiger partial charge < -0.3 is 15.3 Å². The molecule has 2 rings (SSSR count). The molecule has 0 radical (unpaired) electrons. The molecule has 6 heteroatoms. The van der Waals surface area contributed by atoms with E-state index in [-0.39, 0.29) is 18.4 Å². The molecule has 1 saturated heterocycles. The van der Waals surface area contributed by atoms with E-state index >= 15 is 0 Å². The summed E-state index contributed by atoms with van der Waals surface area (Å²) in [7, 11) is 0. The van der Waals surface area contributed by atoms with E-state index in [9.17, 15) is 4.79 Å². The maximum Gasteiger partial charge on any atom is 0.225 e. The average molecular weight is 236 g/mol. The van der Waals surface area contributed by atoms with E-state index in [0.717, 1.165) is 13.0 Å². The highest BCUT2D eigenvalue weighted by Gasteiger charge is 2.29. The van der Waals surface area contributed by atoms with Gasteiger partial charge in [-0.1, -0.05) is 0 Å². The minimum atomic E-state index is -0.0367. The lowest BCUT2D eigenvalue weighted by Crippen LogP contribution is -2.34. The number of amides is 1. The third-order valence-corrected chi connectivity index (χ3v) is 2.81. The number of aliphatic hydroxyl groups is 1. The Kier molecular flexibility index (Phi) is 3.87. The van der Waals surface area contributed by atoms with Gasteiger partial charge in [-0.2, -0.15) is 0 Å². The maximum absolute atomic E-state index is 11.7. The van der Waals surface area contributed by atoms with Crippen molar-refractivity contribution >= 4 is 11.9 Å². The first kappa shape index (κ1) is 11.8. The van der Waals surface area contributed by atoms with Crippen LogP contribution in [-0.2, 0) is 4.79 Å². The second kappa shape index (κ2) is 5.58. The molecule has 1 aromatic heterocycles. The Labute approximate surface area is 99.7 Å². The molecule has 0 spiro atoms. The van der Waals surface area contributed by atoms with Crippen LogP contribution in [0.3, 0.4) is 0 Å². The molecule has 0 unspecified atom stereocenters. The molecule has 1 aromatic rings. The maximum atomic E-state index is 11.7. The fourth-order valence-electron chi connectivity index (χ4n) is 1.93. The average Bonchev–Trinajstić information content (AvgIpc) is 2.86. The Balaban J connectivity index is 1.89. The van der Waals surface area contributed by atoms with Crippen molar-refractivity contribution in [3.05, 3.63) is 18.5 Å². The van der Waals surface area contributed by atoms with Crippen LogP contribution in [0.5, 0.6) is 0 Å². The molecule has 92 valence electrons. The molecular weight excluding hydrogens is 220 g/mol. The predicted octanol–water partition coefficient (Wildman–Crippen LogP) is -0.589. The lowest BCUT2D eigenvalue weighted by molar-refractivity contribution is -0.124. The monoisotopic (exact) mass is 236 g/mol. The highest BCUT2D eigenvalue weighted by molar-refractivity contribution is 5.79. The molecule has 1 amide bonds. The van der Waals surface area contributed by atoms with Crippen LogP contribution >= 0.6 is 0 Å². The minimum Gasteiger partial charge on any atom is -0.395 e. The van der Waals surface area contributed by atoms with Crippen molar-refractivity contribution in [3.63, 3.8) is 0 Å². The van der Waals surface area contributed by atoms with Gasteiger partial charge in [-0.15, -0.1) is 0 Å². The fraction of sp³-hybridized carbons (Fsp3) is 0.545. The smallest absolute Gasteiger partial charge is 0.225 e. The number of carbonyl (C=O) groups excluding carboxylic acids is 1. The van der Waals surface area contributed by atoms with Crippen LogP contribution < -0.4 is 10.2 Å². The fourth-order valence-corrected chi connectivity index (χ4v) is 1.93. The molecule has 2 N–H and O–H groups in total. The first-order valence-corrected chi connectivity index (χ1v) is 5.72. The van der Waals surface area contributed by atoms with Gasteiger partial charge in [0.2, 0.25) is 11.9 Å². The van der Waals surface area contributed by atoms with Crippen molar-refractivity contribution in [1.82, 2.24) is 15.3 Å². The van der Waals surface area contributed by atoms with E-state index in [1.165, 1.54) is 0 Å². The van der Waals surface area contributed by atoms with Gasteiger partial charge in [0.1, 0.15) is 0 Å². The predicted molar refractivity (Wildman–Crippen MR) is 62.4 cm³/mol. The second-order valence-electron chi connectivity index (χ2n) is 4.00. The van der Waals surface area contributed by atoms with Crippen molar-refractivity contribution in [1.29, 1.82) is 0 Å². The van der Waals surface area contributed by atoms with Gasteiger partial charge in [0, 0.05) is 32.0 Å². The van der Waals surface area contributed by atoms with Crippen molar-refractivity contribution in [2.24, 2.45) is 5.92 Å². The van der Waals surface area contributed by atoms with Crippen molar-refractivity contribution in [2.75, 3.05) is 31.1 Å². The van der Waals surface area contributed by atoms with Crippen LogP contribution in [-0.4, -0.2) is 47.2 Å². The van der Waals surface area contributed by atoms with Gasteiger partial charge in [0.05, 0.1) is 12.5 Å². The minimum absolute atomic E-state index is 0.00233. The highest BCUT2D eigenvalue weighted by atomic mass is 16.3. The molecule has 0 bridgehead atoms. The number of hydrogen-bond donors (Lipinski definition) is 2. The topological polar surface area (TPSA) is 78.4 Å². The van der Waals surface area contributed by atoms with Crippen LogP contribution in [0.4, 0.5) is 5.95 Å². The summed E-state index contributed by atoms with van der Waals surface area (Å²) in [4.78, 5) is 22.0. The molecule has 1 fully saturated rings. The van der Waals surface area contributed by atoms with Crippen LogP contribution in [0.2, 0.25) is 0 Å². The summed E-state index contributed by atoms with van der Waals surface area (Å²) in [6.45, 7) is 1.73. The summed E-state index contributed by atoms with van der Waals surface area (Å²) in [6, 6.07) is 1.77. The molecule has 0 aromatic carbocycles. The Morgan fingerprint density at radius 3 is 3.00 bits per heavy atom. The number of carbonyl (C=O) groups is 1. The summed E-state index contributed by atoms with van der Waals surface area (Å²) in [5, 5.41) is 11.3. The molecule has 0 aliphatic carbocycles. The molecule has 2 heterocycles. The van der Waals surface area contributed by atoms with Crippen molar-refractivity contribution in [3.8, 4) is 0 Å². The van der Waals surface area contributed by atoms with E-state index in [0.29, 0.717) is 19.0 Å². The molecule has 1 aliphatic rings. The molecule has 1 atom stereocenters. The lowest BCUT2D eigenvalue weighted by Gasteiger charge is -2.15. The first-order chi connectivity index (χ1) is 8.31. The number of rotatable bonds is 4. The van der Waals surface area contributed by atoms with E-state index in [4.69, 9.17) is 5.11 Å². The number of nitrogens with one attached hydrogen (secondary N) is 1. The van der Waals surface area contributed by atoms with Gasteiger partial charge >= 0.3 is 0 Å². The highest BCUT2D eigenvalue weighted by Crippen LogP contribution is 2.20. The van der Waals surface area contributed by atoms with Gasteiger partial charge in [0.15, 0.2) is 0 Å². The zero-order valence-electron chi connectivity index (χ0n) is 9.54. The zero-order valence-corrected chi connectivity index (χ0v) is 9.54. The largest absolute Gasteiger partial charge is 0.395 e. The quantitative estimate of drug-likeness (QED) is 0.730. The number of aliphatic hydroxyl groups excluding tert-OH is 1. The third kappa shape index (κ3) is 2.91. The van der Waals surface area contributed by atoms with Gasteiger partial charge in [-0.3, -0.25) is 4.79 Å². The van der Waals surface area contributed by atoms with E-state index in [2.05, 4.69) is 15.3 Å². The Bertz CT molecular complexity index is 371. The van der Waals surface area contributed by atoms with Gasteiger partial charge in [-0.05, 0) is 12.5 Å². The van der Waals surface area contributed by atoms with Gasteiger partial charge in [0.25, 0.3) is 0 Å². The normalized spacial score (nSPS) is 19.4. The second-order valence-corrected chi connectivity index (χ2v) is 4.00. The van der Waals surface area contributed by atoms with Crippen LogP contribution in [0.1, 0.15) is 6.42 Å². The lowest BCUT2D eigenvalue weighted by atomic mass is 10.1. The van der Waals surface area contributed by atoms with E-state index in [1.807, 2.05) is 4.90 Å². The Hall–Kier alpha value is -1.69. The molecular formula is C11H16N4O2. The third-order valence-electron chi connectivity index (χ3n) is 2.81. The van der Waals surface area contributed by atoms with E-state index < -0.39 is 0 Å². The molecule has 17 heavy (non-hydrogen) atoms. The van der Waals surface area contributed by atoms with Gasteiger partial charge in [-0.25, -0.2) is 9.97 Å². The molecule has 1 aliphatic heterocycles. The molecule has 0 saturated carbocycles. The Morgan fingerprint density at radius 2 is 2.29 bits per heavy atom. The zero-order chi connectivity index (χ0) is 12.1. The van der Waals surface area contributed by atoms with E-state index in [1.54, 1.807) is 18.5 Å².